The molecule has 2 saturated heterocycles. The molecule has 3 aromatic rings. The molecule has 0 radical (unpaired) electrons. The highest BCUT2D eigenvalue weighted by atomic mass is 32.2. The summed E-state index contributed by atoms with van der Waals surface area (Å²) in [6, 6.07) is 17.3. The molecule has 3 saturated carbocycles. The molecule has 11 nitrogen and oxygen atoms in total. The summed E-state index contributed by atoms with van der Waals surface area (Å²) >= 11 is 1.43. The van der Waals surface area contributed by atoms with Gasteiger partial charge in [-0.3, -0.25) is 14.6 Å². The first-order chi connectivity index (χ1) is 31.5. The summed E-state index contributed by atoms with van der Waals surface area (Å²) < 4.78 is 144. The third-order valence-corrected chi connectivity index (χ3v) is 18.3. The molecule has 1 amide bonds. The van der Waals surface area contributed by atoms with Gasteiger partial charge in [-0.05, 0) is 110 Å². The van der Waals surface area contributed by atoms with Crippen molar-refractivity contribution in [3.8, 4) is 0 Å². The van der Waals surface area contributed by atoms with Gasteiger partial charge in [0.25, 0.3) is 25.8 Å². The summed E-state index contributed by atoms with van der Waals surface area (Å²) in [5, 5.41) is 2.97. The zero-order valence-electron chi connectivity index (χ0n) is 37.5. The van der Waals surface area contributed by atoms with Crippen molar-refractivity contribution in [1.29, 1.82) is 0 Å². The highest BCUT2D eigenvalue weighted by Crippen LogP contribution is 2.82. The fourth-order valence-electron chi connectivity index (χ4n) is 10.4. The Labute approximate surface area is 393 Å². The van der Waals surface area contributed by atoms with Crippen LogP contribution in [0.4, 0.5) is 37.7 Å². The number of rotatable bonds is 16. The summed E-state index contributed by atoms with van der Waals surface area (Å²) in [5.41, 5.74) is -4.68. The van der Waals surface area contributed by atoms with Gasteiger partial charge in [0.15, 0.2) is 0 Å². The number of ether oxygens (including phenoxy) is 1. The Morgan fingerprint density at radius 2 is 1.49 bits per heavy atom. The van der Waals surface area contributed by atoms with Crippen LogP contribution in [0.2, 0.25) is 0 Å². The van der Waals surface area contributed by atoms with Crippen molar-refractivity contribution in [2.75, 3.05) is 81.5 Å². The zero-order valence-corrected chi connectivity index (χ0v) is 40.0. The average molecular weight is 998 g/mol. The van der Waals surface area contributed by atoms with Gasteiger partial charge >= 0.3 is 11.7 Å². The number of carbonyl (C=O) groups excluding carboxylic acids is 1. The predicted molar refractivity (Wildman–Crippen MR) is 245 cm³/mol. The Bertz CT molecular complexity index is 2520. The number of alkyl halides is 6. The number of sulfonamides is 1. The highest BCUT2D eigenvalue weighted by Gasteiger charge is 2.79. The number of halogens is 6. The van der Waals surface area contributed by atoms with E-state index in [0.29, 0.717) is 77.3 Å². The van der Waals surface area contributed by atoms with Gasteiger partial charge in [-0.15, -0.1) is 11.8 Å². The number of carbonyl (C=O) groups is 1. The topological polar surface area (TPSA) is 128 Å². The van der Waals surface area contributed by atoms with E-state index >= 15 is 0 Å². The number of hydrogen-bond donors (Lipinski definition) is 2. The number of morpholine rings is 1. The summed E-state index contributed by atoms with van der Waals surface area (Å²) in [7, 11) is -11.0. The second kappa shape index (κ2) is 18.8. The Hall–Kier alpha value is -3.82. The number of sulfone groups is 1. The first-order valence-corrected chi connectivity index (χ1v) is 26.6. The van der Waals surface area contributed by atoms with E-state index in [1.807, 2.05) is 35.1 Å². The molecule has 0 spiro atoms. The lowest BCUT2D eigenvalue weighted by Crippen LogP contribution is -2.69. The number of anilines is 2. The van der Waals surface area contributed by atoms with Gasteiger partial charge in [-0.25, -0.2) is 21.6 Å². The van der Waals surface area contributed by atoms with E-state index in [9.17, 15) is 48.0 Å². The monoisotopic (exact) mass is 997 g/mol. The predicted octanol–water partition coefficient (Wildman–Crippen LogP) is 8.76. The van der Waals surface area contributed by atoms with E-state index in [4.69, 9.17) is 4.74 Å². The molecule has 6 aliphatic rings. The van der Waals surface area contributed by atoms with E-state index in [1.54, 1.807) is 12.1 Å². The average Bonchev–Trinajstić information content (AvgIpc) is 3.24. The number of amides is 1. The van der Waals surface area contributed by atoms with Crippen LogP contribution in [-0.4, -0.2) is 122 Å². The van der Waals surface area contributed by atoms with E-state index in [-0.39, 0.29) is 35.7 Å². The van der Waals surface area contributed by atoms with Gasteiger partial charge < -0.3 is 15.0 Å². The van der Waals surface area contributed by atoms with Gasteiger partial charge in [0.2, 0.25) is 0 Å². The van der Waals surface area contributed by atoms with E-state index < -0.39 is 64.4 Å². The molecule has 5 fully saturated rings. The van der Waals surface area contributed by atoms with E-state index in [1.165, 1.54) is 35.0 Å². The molecule has 1 atom stereocenters. The van der Waals surface area contributed by atoms with Crippen molar-refractivity contribution in [3.63, 3.8) is 0 Å². The quantitative estimate of drug-likeness (QED) is 0.0813. The minimum atomic E-state index is -6.08. The molecule has 3 aromatic carbocycles. The Morgan fingerprint density at radius 1 is 0.836 bits per heavy atom. The summed E-state index contributed by atoms with van der Waals surface area (Å²) in [6.07, 6.45) is -0.417. The number of allylic oxidation sites excluding steroid dienone is 1. The fraction of sp³-hybridized carbons (Fsp3) is 0.553. The van der Waals surface area contributed by atoms with Crippen molar-refractivity contribution in [2.24, 2.45) is 16.2 Å². The molecule has 366 valence electrons. The summed E-state index contributed by atoms with van der Waals surface area (Å²) in [6.45, 7) is 10.8. The van der Waals surface area contributed by atoms with Crippen LogP contribution >= 0.6 is 11.8 Å². The van der Waals surface area contributed by atoms with Crippen LogP contribution < -0.4 is 14.9 Å². The van der Waals surface area contributed by atoms with Crippen LogP contribution in [0.1, 0.15) is 69.2 Å². The third-order valence-electron chi connectivity index (χ3n) is 14.3. The van der Waals surface area contributed by atoms with Crippen LogP contribution in [0.3, 0.4) is 0 Å². The molecule has 2 heterocycles. The molecule has 2 aliphatic heterocycles. The molecular formula is C47H57F6N5O6S3. The number of hydrogen-bond acceptors (Lipinski definition) is 11. The van der Waals surface area contributed by atoms with Crippen LogP contribution in [0, 0.1) is 16.2 Å². The lowest BCUT2D eigenvalue weighted by atomic mass is 9.31. The summed E-state index contributed by atoms with van der Waals surface area (Å²) in [5.74, 6) is -0.715. The molecule has 1 unspecified atom stereocenters. The van der Waals surface area contributed by atoms with Gasteiger partial charge in [0.05, 0.1) is 29.2 Å². The second-order valence-electron chi connectivity index (χ2n) is 19.6. The fourth-order valence-corrected chi connectivity index (χ4v) is 13.4. The van der Waals surface area contributed by atoms with Crippen molar-refractivity contribution in [3.05, 3.63) is 89.5 Å². The maximum Gasteiger partial charge on any atom is 0.501 e. The lowest BCUT2D eigenvalue weighted by molar-refractivity contribution is -0.353. The van der Waals surface area contributed by atoms with Gasteiger partial charge in [-0.2, -0.15) is 26.3 Å². The smallest absolute Gasteiger partial charge is 0.380 e. The van der Waals surface area contributed by atoms with Crippen molar-refractivity contribution >= 4 is 48.9 Å². The normalized spacial score (nSPS) is 24.4. The minimum Gasteiger partial charge on any atom is -0.380 e. The third kappa shape index (κ3) is 10.7. The lowest BCUT2D eigenvalue weighted by Gasteiger charge is -2.72. The standard InChI is InChI=1S/C47H57F6N5O6S3/c1-43(2)16-14-34(39(27-43)44-30-45(31-44,32-44)46(48,49)50)28-57-18-20-58(21-19-57)36-10-8-33(9-11-36)42(59)55-67(62,63)38-12-13-40(41(26-38)66(60,61)47(51,52)53)54-35(15-17-56-22-24-64-25-23-56)29-65-37-6-4-3-5-7-37/h3-13,26,35,54H,14-25,27-32H2,1-2H3,(H,55,59). The summed E-state index contributed by atoms with van der Waals surface area (Å²) in [4.78, 5) is 18.7. The Morgan fingerprint density at radius 3 is 2.12 bits per heavy atom. The molecule has 67 heavy (non-hydrogen) atoms. The van der Waals surface area contributed by atoms with Gasteiger partial charge in [0, 0.05) is 80.3 Å². The molecule has 2 bridgehead atoms. The van der Waals surface area contributed by atoms with Crippen molar-refractivity contribution in [2.45, 2.75) is 91.2 Å². The minimum absolute atomic E-state index is 0.0491. The maximum absolute atomic E-state index is 14.2. The van der Waals surface area contributed by atoms with Crippen LogP contribution in [0.5, 0.6) is 0 Å². The molecule has 2 N–H and O–H groups in total. The maximum atomic E-state index is 14.2. The van der Waals surface area contributed by atoms with E-state index in [2.05, 4.69) is 33.9 Å². The Balaban J connectivity index is 0.915. The zero-order chi connectivity index (χ0) is 48.0. The SMILES string of the molecule is CC1(C)CCC(CN2CCN(c3ccc(C(=O)NS(=O)(=O)c4ccc(NC(CCN5CCOCC5)CSc5ccccc5)c(S(=O)(=O)C(F)(F)F)c4)cc3)CC2)=C(C23CC(C(F)(F)F)(C2)C3)C1. The van der Waals surface area contributed by atoms with Crippen LogP contribution in [0.15, 0.2) is 98.6 Å². The van der Waals surface area contributed by atoms with Crippen molar-refractivity contribution < 1.29 is 52.7 Å². The molecule has 9 rings (SSSR count). The van der Waals surface area contributed by atoms with Crippen LogP contribution in [-0.2, 0) is 24.6 Å². The number of piperazine rings is 1. The largest absolute Gasteiger partial charge is 0.501 e. The molecule has 0 aromatic heterocycles. The second-order valence-corrected chi connectivity index (χ2v) is 24.3. The van der Waals surface area contributed by atoms with Crippen molar-refractivity contribution in [1.82, 2.24) is 14.5 Å². The first kappa shape index (κ1) is 49.6. The van der Waals surface area contributed by atoms with Crippen LogP contribution in [0.25, 0.3) is 0 Å². The van der Waals surface area contributed by atoms with E-state index in [0.717, 1.165) is 48.5 Å². The number of benzene rings is 3. The first-order valence-electron chi connectivity index (χ1n) is 22.6. The number of nitrogens with one attached hydrogen (secondary N) is 2. The Kier molecular flexibility index (Phi) is 13.9. The number of nitrogens with zero attached hydrogens (tertiary/aromatic N) is 3. The molecular weight excluding hydrogens is 941 g/mol. The number of thioether (sulfide) groups is 1. The highest BCUT2D eigenvalue weighted by molar-refractivity contribution is 7.99. The molecule has 4 aliphatic carbocycles. The molecule has 20 heteroatoms. The van der Waals surface area contributed by atoms with Gasteiger partial charge in [0.1, 0.15) is 4.90 Å². The van der Waals surface area contributed by atoms with Gasteiger partial charge in [-0.1, -0.05) is 43.2 Å².